The van der Waals surface area contributed by atoms with E-state index in [-0.39, 0.29) is 11.8 Å². The van der Waals surface area contributed by atoms with Crippen LogP contribution in [0.5, 0.6) is 5.75 Å². The quantitative estimate of drug-likeness (QED) is 0.624. The van der Waals surface area contributed by atoms with Crippen LogP contribution in [0.2, 0.25) is 0 Å². The number of benzene rings is 3. The Bertz CT molecular complexity index is 1150. The van der Waals surface area contributed by atoms with Gasteiger partial charge in [-0.15, -0.1) is 0 Å². The minimum absolute atomic E-state index is 0.344. The maximum atomic E-state index is 13.3. The normalized spacial score (nSPS) is 16.9. The SMILES string of the molecule is CCOc1ccc2c(c1)N(N1C(=O)c3ccccc3C1=O)C(Nc1ccccc1)C=C2. The lowest BCUT2D eigenvalue weighted by Gasteiger charge is -2.40. The first kappa shape index (κ1) is 18.9. The van der Waals surface area contributed by atoms with Gasteiger partial charge in [-0.3, -0.25) is 9.59 Å². The van der Waals surface area contributed by atoms with E-state index in [0.29, 0.717) is 23.5 Å². The smallest absolute Gasteiger partial charge is 0.280 e. The fourth-order valence-electron chi connectivity index (χ4n) is 3.96. The molecule has 0 bridgehead atoms. The van der Waals surface area contributed by atoms with Crippen LogP contribution in [0.25, 0.3) is 6.08 Å². The van der Waals surface area contributed by atoms with Crippen LogP contribution < -0.4 is 15.1 Å². The van der Waals surface area contributed by atoms with E-state index in [1.165, 1.54) is 5.01 Å². The lowest BCUT2D eigenvalue weighted by atomic mass is 10.1. The summed E-state index contributed by atoms with van der Waals surface area (Å²) in [5, 5.41) is 6.36. The van der Waals surface area contributed by atoms with Gasteiger partial charge in [0, 0.05) is 11.8 Å². The van der Waals surface area contributed by atoms with Gasteiger partial charge in [0.25, 0.3) is 11.8 Å². The van der Waals surface area contributed by atoms with E-state index in [4.69, 9.17) is 4.74 Å². The lowest BCUT2D eigenvalue weighted by Crippen LogP contribution is -2.55. The molecule has 0 aliphatic carbocycles. The van der Waals surface area contributed by atoms with Crippen molar-refractivity contribution in [2.75, 3.05) is 16.9 Å². The number of nitrogens with one attached hydrogen (secondary N) is 1. The van der Waals surface area contributed by atoms with E-state index >= 15 is 0 Å². The van der Waals surface area contributed by atoms with Gasteiger partial charge in [0.05, 0.1) is 23.4 Å². The summed E-state index contributed by atoms with van der Waals surface area (Å²) >= 11 is 0. The van der Waals surface area contributed by atoms with E-state index < -0.39 is 6.17 Å². The van der Waals surface area contributed by atoms with Crippen molar-refractivity contribution >= 4 is 29.3 Å². The van der Waals surface area contributed by atoms with E-state index in [1.54, 1.807) is 29.3 Å². The topological polar surface area (TPSA) is 61.9 Å². The second-order valence-electron chi connectivity index (χ2n) is 7.28. The highest BCUT2D eigenvalue weighted by molar-refractivity contribution is 6.22. The van der Waals surface area contributed by atoms with Crippen molar-refractivity contribution in [1.82, 2.24) is 5.01 Å². The molecule has 0 saturated heterocycles. The number of fused-ring (bicyclic) bond motifs is 2. The molecule has 2 heterocycles. The monoisotopic (exact) mass is 411 g/mol. The first-order chi connectivity index (χ1) is 15.2. The molecule has 5 rings (SSSR count). The van der Waals surface area contributed by atoms with Crippen LogP contribution in [-0.2, 0) is 0 Å². The predicted molar refractivity (Wildman–Crippen MR) is 120 cm³/mol. The summed E-state index contributed by atoms with van der Waals surface area (Å²) in [6.45, 7) is 2.44. The summed E-state index contributed by atoms with van der Waals surface area (Å²) in [4.78, 5) is 26.6. The summed E-state index contributed by atoms with van der Waals surface area (Å²) in [5.41, 5.74) is 3.30. The van der Waals surface area contributed by atoms with E-state index in [0.717, 1.165) is 16.9 Å². The third-order valence-electron chi connectivity index (χ3n) is 5.36. The molecule has 0 saturated carbocycles. The number of carbonyl (C=O) groups excluding carboxylic acids is 2. The number of amides is 2. The maximum absolute atomic E-state index is 13.3. The molecule has 1 N–H and O–H groups in total. The van der Waals surface area contributed by atoms with Crippen LogP contribution in [0.15, 0.2) is 78.9 Å². The van der Waals surface area contributed by atoms with Gasteiger partial charge < -0.3 is 10.1 Å². The molecule has 3 aromatic carbocycles. The number of nitrogens with zero attached hydrogens (tertiary/aromatic N) is 2. The number of para-hydroxylation sites is 1. The van der Waals surface area contributed by atoms with E-state index in [1.807, 2.05) is 67.6 Å². The Hall–Kier alpha value is -4.06. The maximum Gasteiger partial charge on any atom is 0.280 e. The molecule has 0 radical (unpaired) electrons. The molecule has 2 amide bonds. The number of anilines is 2. The highest BCUT2D eigenvalue weighted by atomic mass is 16.5. The van der Waals surface area contributed by atoms with Crippen LogP contribution >= 0.6 is 0 Å². The molecule has 0 fully saturated rings. The van der Waals surface area contributed by atoms with Crippen molar-refractivity contribution in [2.45, 2.75) is 13.1 Å². The molecule has 2 aliphatic rings. The average molecular weight is 411 g/mol. The molecule has 31 heavy (non-hydrogen) atoms. The fourth-order valence-corrected chi connectivity index (χ4v) is 3.96. The van der Waals surface area contributed by atoms with E-state index in [9.17, 15) is 9.59 Å². The number of hydrogen-bond acceptors (Lipinski definition) is 5. The Kier molecular flexibility index (Phi) is 4.67. The van der Waals surface area contributed by atoms with Crippen LogP contribution in [0, 0.1) is 0 Å². The Morgan fingerprint density at radius 2 is 1.58 bits per heavy atom. The summed E-state index contributed by atoms with van der Waals surface area (Å²) in [5.74, 6) is -0.0105. The Balaban J connectivity index is 1.61. The molecule has 2 aliphatic heterocycles. The lowest BCUT2D eigenvalue weighted by molar-refractivity contribution is 0.0626. The molecule has 1 atom stereocenters. The molecule has 0 aromatic heterocycles. The van der Waals surface area contributed by atoms with Crippen LogP contribution in [-0.4, -0.2) is 29.6 Å². The fraction of sp³-hybridized carbons (Fsp3) is 0.120. The van der Waals surface area contributed by atoms with Gasteiger partial charge in [0.15, 0.2) is 0 Å². The number of hydrazine groups is 1. The predicted octanol–water partition coefficient (Wildman–Crippen LogP) is 4.57. The summed E-state index contributed by atoms with van der Waals surface area (Å²) in [6.07, 6.45) is 3.48. The van der Waals surface area contributed by atoms with Crippen LogP contribution in [0.4, 0.5) is 11.4 Å². The van der Waals surface area contributed by atoms with Crippen molar-refractivity contribution in [1.29, 1.82) is 0 Å². The second-order valence-corrected chi connectivity index (χ2v) is 7.28. The van der Waals surface area contributed by atoms with Crippen molar-refractivity contribution in [3.8, 4) is 5.75 Å². The van der Waals surface area contributed by atoms with Gasteiger partial charge in [-0.1, -0.05) is 36.4 Å². The minimum atomic E-state index is -0.450. The highest BCUT2D eigenvalue weighted by Gasteiger charge is 2.43. The first-order valence-corrected chi connectivity index (χ1v) is 10.2. The van der Waals surface area contributed by atoms with Gasteiger partial charge in [0.2, 0.25) is 0 Å². The van der Waals surface area contributed by atoms with Crippen molar-refractivity contribution < 1.29 is 14.3 Å². The second kappa shape index (κ2) is 7.65. The minimum Gasteiger partial charge on any atom is -0.494 e. The van der Waals surface area contributed by atoms with Crippen LogP contribution in [0.3, 0.4) is 0 Å². The van der Waals surface area contributed by atoms with Gasteiger partial charge in [-0.05, 0) is 55.0 Å². The third-order valence-corrected chi connectivity index (χ3v) is 5.36. The van der Waals surface area contributed by atoms with Crippen molar-refractivity contribution in [2.24, 2.45) is 0 Å². The van der Waals surface area contributed by atoms with Crippen molar-refractivity contribution in [3.05, 3.63) is 95.6 Å². The van der Waals surface area contributed by atoms with Gasteiger partial charge in [-0.2, -0.15) is 5.01 Å². The van der Waals surface area contributed by atoms with E-state index in [2.05, 4.69) is 5.32 Å². The molecular formula is C25H21N3O3. The first-order valence-electron chi connectivity index (χ1n) is 10.2. The molecule has 6 nitrogen and oxygen atoms in total. The molecule has 6 heteroatoms. The number of rotatable bonds is 5. The van der Waals surface area contributed by atoms with Gasteiger partial charge in [0.1, 0.15) is 11.9 Å². The van der Waals surface area contributed by atoms with Gasteiger partial charge in [-0.25, -0.2) is 5.01 Å². The molecule has 154 valence electrons. The van der Waals surface area contributed by atoms with Gasteiger partial charge >= 0.3 is 0 Å². The zero-order valence-electron chi connectivity index (χ0n) is 17.0. The summed E-state index contributed by atoms with van der Waals surface area (Å²) < 4.78 is 5.69. The zero-order chi connectivity index (χ0) is 21.4. The Labute approximate surface area is 180 Å². The molecule has 0 spiro atoms. The molecule has 1 unspecified atom stereocenters. The highest BCUT2D eigenvalue weighted by Crippen LogP contribution is 2.37. The third kappa shape index (κ3) is 3.22. The standard InChI is InChI=1S/C25H21N3O3/c1-2-31-19-14-12-17-13-15-23(26-18-8-4-3-5-9-18)27(22(17)16-19)28-24(29)20-10-6-7-11-21(20)25(28)30/h3-16,23,26H,2H2,1H3. The zero-order valence-corrected chi connectivity index (χ0v) is 17.0. The number of carbonyl (C=O) groups is 2. The largest absolute Gasteiger partial charge is 0.494 e. The number of imide groups is 1. The number of ether oxygens (including phenoxy) is 1. The summed E-state index contributed by atoms with van der Waals surface area (Å²) in [7, 11) is 0. The molecular weight excluding hydrogens is 390 g/mol. The molecule has 3 aromatic rings. The number of hydrogen-bond donors (Lipinski definition) is 1. The summed E-state index contributed by atoms with van der Waals surface area (Å²) in [6, 6.07) is 22.3. The van der Waals surface area contributed by atoms with Crippen molar-refractivity contribution in [3.63, 3.8) is 0 Å². The van der Waals surface area contributed by atoms with Crippen LogP contribution in [0.1, 0.15) is 33.2 Å². The Morgan fingerprint density at radius 3 is 2.26 bits per heavy atom. The Morgan fingerprint density at radius 1 is 0.903 bits per heavy atom. The average Bonchev–Trinajstić information content (AvgIpc) is 3.05.